The van der Waals surface area contributed by atoms with Crippen LogP contribution in [0.2, 0.25) is 0 Å². The maximum atomic E-state index is 16.8. The molecule has 1 aliphatic rings. The van der Waals surface area contributed by atoms with E-state index in [4.69, 9.17) is 23.7 Å². The molecule has 10 heteroatoms. The Morgan fingerprint density at radius 2 is 1.02 bits per heavy atom. The number of ether oxygens (including phenoxy) is 5. The number of hydrogen-bond acceptors (Lipinski definition) is 6. The molecule has 270 valence electrons. The van der Waals surface area contributed by atoms with E-state index in [1.165, 1.54) is 0 Å². The number of hydrogen-bond donors (Lipinski definition) is 0. The molecule has 3 aromatic carbocycles. The zero-order valence-corrected chi connectivity index (χ0v) is 34.1. The molecule has 0 unspecified atom stereocenters. The molecule has 0 saturated heterocycles. The Morgan fingerprint density at radius 3 is 1.33 bits per heavy atom. The van der Waals surface area contributed by atoms with Crippen molar-refractivity contribution in [3.05, 3.63) is 57.1 Å². The summed E-state index contributed by atoms with van der Waals surface area (Å²) < 4.78 is 74.3. The van der Waals surface area contributed by atoms with Gasteiger partial charge in [-0.05, 0) is 74.8 Å². The van der Waals surface area contributed by atoms with Crippen LogP contribution in [0.1, 0.15) is 112 Å². The van der Waals surface area contributed by atoms with Crippen LogP contribution in [0.15, 0.2) is 34.8 Å². The average molecular weight is 766 g/mol. The molecule has 6 nitrogen and oxygen atoms in total. The SMILES string of the molecule is CCOc1cc(P(=O)(c2cc(C(C)(C)C)c(OC)c(C(C)(C)C)c2)c2cc(C(C)(C)C)c(OC)c(C(C)(C)C)c2)c(Br)c2c1OC(F)(F)O2. The zero-order valence-electron chi connectivity index (χ0n) is 31.6. The van der Waals surface area contributed by atoms with Crippen molar-refractivity contribution in [2.45, 2.75) is 118 Å². The molecule has 4 rings (SSSR count). The number of alkyl halides is 2. The highest BCUT2D eigenvalue weighted by molar-refractivity contribution is 9.10. The van der Waals surface area contributed by atoms with E-state index in [2.05, 4.69) is 99.0 Å². The molecule has 0 spiro atoms. The van der Waals surface area contributed by atoms with E-state index >= 15 is 4.57 Å². The average Bonchev–Trinajstić information content (AvgIpc) is 3.30. The van der Waals surface area contributed by atoms with E-state index in [9.17, 15) is 8.78 Å². The highest BCUT2D eigenvalue weighted by Crippen LogP contribution is 2.57. The van der Waals surface area contributed by atoms with E-state index < -0.39 is 35.1 Å². The van der Waals surface area contributed by atoms with Gasteiger partial charge in [0.05, 0.1) is 25.3 Å². The molecule has 0 aromatic heterocycles. The second kappa shape index (κ2) is 12.8. The van der Waals surface area contributed by atoms with Gasteiger partial charge in [-0.2, -0.15) is 0 Å². The highest BCUT2D eigenvalue weighted by atomic mass is 79.9. The minimum atomic E-state index is -4.00. The molecular formula is C39H52BrF2O6P. The van der Waals surface area contributed by atoms with Crippen LogP contribution in [0.3, 0.4) is 0 Å². The third-order valence-corrected chi connectivity index (χ3v) is 12.8. The van der Waals surface area contributed by atoms with Crippen LogP contribution >= 0.6 is 23.1 Å². The lowest BCUT2D eigenvalue weighted by Crippen LogP contribution is -2.32. The van der Waals surface area contributed by atoms with Crippen molar-refractivity contribution in [1.82, 2.24) is 0 Å². The molecular weight excluding hydrogens is 713 g/mol. The predicted octanol–water partition coefficient (Wildman–Crippen LogP) is 10.0. The lowest BCUT2D eigenvalue weighted by molar-refractivity contribution is -0.287. The van der Waals surface area contributed by atoms with E-state index in [1.807, 2.05) is 24.3 Å². The summed E-state index contributed by atoms with van der Waals surface area (Å²) in [5, 5.41) is 1.27. The molecule has 1 heterocycles. The summed E-state index contributed by atoms with van der Waals surface area (Å²) >= 11 is 3.57. The van der Waals surface area contributed by atoms with E-state index in [1.54, 1.807) is 27.2 Å². The normalized spacial score (nSPS) is 15.0. The smallest absolute Gasteiger partial charge is 0.496 e. The third kappa shape index (κ3) is 7.22. The first kappa shape index (κ1) is 39.0. The van der Waals surface area contributed by atoms with Gasteiger partial charge in [0.15, 0.2) is 18.6 Å². The second-order valence-electron chi connectivity index (χ2n) is 16.7. The summed E-state index contributed by atoms with van der Waals surface area (Å²) in [7, 11) is -0.705. The number of methoxy groups -OCH3 is 2. The summed E-state index contributed by atoms with van der Waals surface area (Å²) in [5.74, 6) is 0.919. The van der Waals surface area contributed by atoms with Crippen LogP contribution in [-0.4, -0.2) is 27.1 Å². The van der Waals surface area contributed by atoms with Crippen molar-refractivity contribution in [3.8, 4) is 28.7 Å². The van der Waals surface area contributed by atoms with Gasteiger partial charge in [-0.25, -0.2) is 0 Å². The Morgan fingerprint density at radius 1 is 0.673 bits per heavy atom. The quantitative estimate of drug-likeness (QED) is 0.223. The van der Waals surface area contributed by atoms with Crippen LogP contribution in [0, 0.1) is 0 Å². The van der Waals surface area contributed by atoms with E-state index in [0.717, 1.165) is 33.8 Å². The molecule has 0 amide bonds. The summed E-state index contributed by atoms with van der Waals surface area (Å²) in [6.07, 6.45) is -3.93. The Bertz CT molecular complexity index is 1650. The number of rotatable bonds is 7. The predicted molar refractivity (Wildman–Crippen MR) is 199 cm³/mol. The Kier molecular flexibility index (Phi) is 10.2. The first-order chi connectivity index (χ1) is 22.2. The largest absolute Gasteiger partial charge is 0.586 e. The molecule has 0 bridgehead atoms. The molecule has 0 aliphatic carbocycles. The van der Waals surface area contributed by atoms with Gasteiger partial charge in [-0.15, -0.1) is 8.78 Å². The van der Waals surface area contributed by atoms with Crippen LogP contribution < -0.4 is 39.6 Å². The molecule has 3 aromatic rings. The van der Waals surface area contributed by atoms with Crippen molar-refractivity contribution in [2.75, 3.05) is 20.8 Å². The van der Waals surface area contributed by atoms with Gasteiger partial charge in [0.1, 0.15) is 11.5 Å². The van der Waals surface area contributed by atoms with Crippen LogP contribution in [-0.2, 0) is 26.2 Å². The van der Waals surface area contributed by atoms with Crippen molar-refractivity contribution >= 4 is 39.0 Å². The van der Waals surface area contributed by atoms with Gasteiger partial charge >= 0.3 is 6.29 Å². The van der Waals surface area contributed by atoms with Crippen LogP contribution in [0.5, 0.6) is 28.7 Å². The monoisotopic (exact) mass is 764 g/mol. The van der Waals surface area contributed by atoms with Gasteiger partial charge in [0.2, 0.25) is 5.75 Å². The third-order valence-electron chi connectivity index (χ3n) is 8.72. The molecule has 1 aliphatic heterocycles. The number of fused-ring (bicyclic) bond motifs is 1. The summed E-state index contributed by atoms with van der Waals surface area (Å²) in [6, 6.07) is 9.32. The second-order valence-corrected chi connectivity index (χ2v) is 20.3. The molecule has 0 radical (unpaired) electrons. The number of halogens is 3. The van der Waals surface area contributed by atoms with Crippen LogP contribution in [0.4, 0.5) is 8.78 Å². The van der Waals surface area contributed by atoms with E-state index in [-0.39, 0.29) is 33.6 Å². The van der Waals surface area contributed by atoms with Crippen molar-refractivity contribution in [2.24, 2.45) is 0 Å². The van der Waals surface area contributed by atoms with Crippen molar-refractivity contribution in [1.29, 1.82) is 0 Å². The standard InChI is InChI=1S/C39H52BrF2O6P/c1-16-46-28-21-29(30(40)34-33(28)47-39(41,42)48-34)49(43,22-17-24(35(2,3)4)31(44-14)25(18-22)36(5,6)7)23-19-26(37(8,9)10)32(45-15)27(20-23)38(11,12)13/h17-21H,16H2,1-15H3. The van der Waals surface area contributed by atoms with Crippen molar-refractivity contribution in [3.63, 3.8) is 0 Å². The molecule has 0 N–H and O–H groups in total. The van der Waals surface area contributed by atoms with Gasteiger partial charge in [0, 0.05) is 38.2 Å². The zero-order chi connectivity index (χ0) is 37.3. The Balaban J connectivity index is 2.34. The minimum Gasteiger partial charge on any atom is -0.496 e. The summed E-state index contributed by atoms with van der Waals surface area (Å²) in [6.45, 7) is 26.9. The van der Waals surface area contributed by atoms with Gasteiger partial charge < -0.3 is 28.2 Å². The maximum absolute atomic E-state index is 16.8. The molecule has 0 atom stereocenters. The van der Waals surface area contributed by atoms with Gasteiger partial charge in [-0.1, -0.05) is 83.1 Å². The van der Waals surface area contributed by atoms with Crippen LogP contribution in [0.25, 0.3) is 0 Å². The van der Waals surface area contributed by atoms with Gasteiger partial charge in [-0.3, -0.25) is 0 Å². The Labute approximate surface area is 299 Å². The fraction of sp³-hybridized carbons (Fsp3) is 0.538. The lowest BCUT2D eigenvalue weighted by atomic mass is 9.79. The molecule has 0 saturated carbocycles. The van der Waals surface area contributed by atoms with Crippen molar-refractivity contribution < 1.29 is 37.0 Å². The summed E-state index contributed by atoms with van der Waals surface area (Å²) in [5.41, 5.74) is 1.82. The number of benzene rings is 3. The Hall–Kier alpha value is -2.77. The first-order valence-corrected chi connectivity index (χ1v) is 19.0. The fourth-order valence-electron chi connectivity index (χ4n) is 6.21. The summed E-state index contributed by atoms with van der Waals surface area (Å²) in [4.78, 5) is 0. The minimum absolute atomic E-state index is 0.00861. The molecule has 0 fully saturated rings. The maximum Gasteiger partial charge on any atom is 0.586 e. The molecule has 49 heavy (non-hydrogen) atoms. The van der Waals surface area contributed by atoms with Gasteiger partial charge in [0.25, 0.3) is 0 Å². The highest BCUT2D eigenvalue weighted by Gasteiger charge is 2.49. The fourth-order valence-corrected chi connectivity index (χ4v) is 10.1. The topological polar surface area (TPSA) is 63.2 Å². The van der Waals surface area contributed by atoms with E-state index in [0.29, 0.717) is 10.6 Å². The lowest BCUT2D eigenvalue weighted by Gasteiger charge is -2.34. The first-order valence-electron chi connectivity index (χ1n) is 16.5.